The van der Waals surface area contributed by atoms with Crippen molar-refractivity contribution < 1.29 is 8.42 Å². The molecule has 0 radical (unpaired) electrons. The lowest BCUT2D eigenvalue weighted by molar-refractivity contribution is 0.606. The van der Waals surface area contributed by atoms with Crippen LogP contribution in [0.25, 0.3) is 5.65 Å². The van der Waals surface area contributed by atoms with Crippen molar-refractivity contribution in [2.75, 3.05) is 11.0 Å². The molecule has 0 atom stereocenters. The minimum Gasteiger partial charge on any atom is -0.267 e. The molecule has 0 spiro atoms. The first-order valence-corrected chi connectivity index (χ1v) is 5.72. The molecule has 0 bridgehead atoms. The van der Waals surface area contributed by atoms with E-state index in [1.165, 1.54) is 0 Å². The van der Waals surface area contributed by atoms with Gasteiger partial charge in [-0.3, -0.25) is 4.72 Å². The highest BCUT2D eigenvalue weighted by Gasteiger charge is 2.03. The van der Waals surface area contributed by atoms with E-state index in [4.69, 9.17) is 0 Å². The lowest BCUT2D eigenvalue weighted by Crippen LogP contribution is -2.11. The van der Waals surface area contributed by atoms with Gasteiger partial charge in [0.1, 0.15) is 5.82 Å². The first-order chi connectivity index (χ1) is 6.54. The lowest BCUT2D eigenvalue weighted by atomic mass is 10.6. The van der Waals surface area contributed by atoms with Crippen LogP contribution >= 0.6 is 0 Å². The summed E-state index contributed by atoms with van der Waals surface area (Å²) in [7, 11) is -3.27. The molecule has 0 aliphatic carbocycles. The van der Waals surface area contributed by atoms with E-state index in [9.17, 15) is 8.42 Å². The summed E-state index contributed by atoms with van der Waals surface area (Å²) < 4.78 is 25.6. The second kappa shape index (κ2) is 2.95. The fourth-order valence-corrected chi connectivity index (χ4v) is 1.55. The van der Waals surface area contributed by atoms with E-state index in [0.29, 0.717) is 11.5 Å². The number of rotatable bonds is 2. The molecule has 0 aliphatic heterocycles. The number of hydrogen-bond acceptors (Lipinski definition) is 4. The molecule has 7 heteroatoms. The van der Waals surface area contributed by atoms with Crippen LogP contribution in [0.2, 0.25) is 0 Å². The molecule has 2 rings (SSSR count). The summed E-state index contributed by atoms with van der Waals surface area (Å²) >= 11 is 0. The van der Waals surface area contributed by atoms with Crippen molar-refractivity contribution in [1.29, 1.82) is 0 Å². The number of nitrogens with one attached hydrogen (secondary N) is 1. The highest BCUT2D eigenvalue weighted by molar-refractivity contribution is 7.92. The van der Waals surface area contributed by atoms with Crippen LogP contribution in [0, 0.1) is 0 Å². The van der Waals surface area contributed by atoms with Crippen molar-refractivity contribution in [2.45, 2.75) is 0 Å². The third-order valence-electron chi connectivity index (χ3n) is 1.55. The van der Waals surface area contributed by atoms with Gasteiger partial charge in [-0.05, 0) is 6.07 Å². The van der Waals surface area contributed by atoms with Crippen LogP contribution in [0.5, 0.6) is 0 Å². The molecule has 0 unspecified atom stereocenters. The van der Waals surface area contributed by atoms with E-state index in [0.717, 1.165) is 6.26 Å². The average Bonchev–Trinajstić information content (AvgIpc) is 2.47. The summed E-state index contributed by atoms with van der Waals surface area (Å²) in [5.74, 6) is 0.292. The van der Waals surface area contributed by atoms with Gasteiger partial charge < -0.3 is 0 Å². The summed E-state index contributed by atoms with van der Waals surface area (Å²) in [6.07, 6.45) is 4.30. The molecule has 1 N–H and O–H groups in total. The molecule has 0 saturated carbocycles. The van der Waals surface area contributed by atoms with E-state index < -0.39 is 10.0 Å². The third kappa shape index (κ3) is 1.82. The fraction of sp³-hybridized carbons (Fsp3) is 0.143. The highest BCUT2D eigenvalue weighted by Crippen LogP contribution is 2.06. The fourth-order valence-electron chi connectivity index (χ4n) is 1.06. The van der Waals surface area contributed by atoms with E-state index in [-0.39, 0.29) is 0 Å². The Kier molecular flexibility index (Phi) is 1.88. The predicted molar refractivity (Wildman–Crippen MR) is 51.5 cm³/mol. The topological polar surface area (TPSA) is 76.4 Å². The second-order valence-electron chi connectivity index (χ2n) is 2.82. The number of anilines is 1. The van der Waals surface area contributed by atoms with E-state index >= 15 is 0 Å². The maximum absolute atomic E-state index is 10.9. The van der Waals surface area contributed by atoms with Gasteiger partial charge in [-0.15, -0.1) is 0 Å². The lowest BCUT2D eigenvalue weighted by Gasteiger charge is -2.01. The Morgan fingerprint density at radius 1 is 1.43 bits per heavy atom. The van der Waals surface area contributed by atoms with Crippen molar-refractivity contribution >= 4 is 21.5 Å². The van der Waals surface area contributed by atoms with Crippen LogP contribution in [-0.4, -0.2) is 29.3 Å². The molecular weight excluding hydrogens is 204 g/mol. The van der Waals surface area contributed by atoms with Gasteiger partial charge in [0, 0.05) is 12.3 Å². The Balaban J connectivity index is 2.44. The van der Waals surface area contributed by atoms with Gasteiger partial charge in [-0.2, -0.15) is 5.10 Å². The van der Waals surface area contributed by atoms with Crippen LogP contribution in [0.4, 0.5) is 5.82 Å². The molecule has 2 heterocycles. The maximum atomic E-state index is 10.9. The zero-order valence-corrected chi connectivity index (χ0v) is 8.19. The first kappa shape index (κ1) is 8.95. The second-order valence-corrected chi connectivity index (χ2v) is 4.57. The number of fused-ring (bicyclic) bond motifs is 1. The third-order valence-corrected chi connectivity index (χ3v) is 2.13. The molecule has 0 aromatic carbocycles. The Labute approximate surface area is 80.6 Å². The number of nitrogens with zero attached hydrogens (tertiary/aromatic N) is 3. The van der Waals surface area contributed by atoms with Gasteiger partial charge in [0.2, 0.25) is 10.0 Å². The Morgan fingerprint density at radius 2 is 2.21 bits per heavy atom. The van der Waals surface area contributed by atoms with Crippen LogP contribution in [0.1, 0.15) is 0 Å². The van der Waals surface area contributed by atoms with Crippen LogP contribution in [0.3, 0.4) is 0 Å². The zero-order chi connectivity index (χ0) is 10.2. The SMILES string of the molecule is CS(=O)(=O)Nc1ccn2nccc2n1. The Hall–Kier alpha value is -1.63. The van der Waals surface area contributed by atoms with Crippen LogP contribution < -0.4 is 4.72 Å². The molecule has 2 aromatic heterocycles. The van der Waals surface area contributed by atoms with Gasteiger partial charge in [0.05, 0.1) is 12.5 Å². The van der Waals surface area contributed by atoms with Gasteiger partial charge in [-0.1, -0.05) is 0 Å². The number of hydrogen-bond donors (Lipinski definition) is 1. The molecule has 0 amide bonds. The zero-order valence-electron chi connectivity index (χ0n) is 7.38. The molecule has 2 aromatic rings. The predicted octanol–water partition coefficient (Wildman–Crippen LogP) is 0.101. The molecule has 74 valence electrons. The normalized spacial score (nSPS) is 11.8. The van der Waals surface area contributed by atoms with Crippen LogP contribution in [-0.2, 0) is 10.0 Å². The molecule has 14 heavy (non-hydrogen) atoms. The monoisotopic (exact) mass is 212 g/mol. The average molecular weight is 212 g/mol. The van der Waals surface area contributed by atoms with Gasteiger partial charge >= 0.3 is 0 Å². The van der Waals surface area contributed by atoms with Crippen molar-refractivity contribution in [3.05, 3.63) is 24.5 Å². The minimum atomic E-state index is -3.27. The maximum Gasteiger partial charge on any atom is 0.230 e. The van der Waals surface area contributed by atoms with Crippen molar-refractivity contribution in [1.82, 2.24) is 14.6 Å². The summed E-state index contributed by atoms with van der Waals surface area (Å²) in [6, 6.07) is 3.23. The smallest absolute Gasteiger partial charge is 0.230 e. The van der Waals surface area contributed by atoms with Crippen molar-refractivity contribution in [3.63, 3.8) is 0 Å². The molecule has 0 aliphatic rings. The van der Waals surface area contributed by atoms with Crippen molar-refractivity contribution in [3.8, 4) is 0 Å². The van der Waals surface area contributed by atoms with E-state index in [1.54, 1.807) is 29.0 Å². The molecule has 0 fully saturated rings. The van der Waals surface area contributed by atoms with E-state index in [2.05, 4.69) is 14.8 Å². The summed E-state index contributed by atoms with van der Waals surface area (Å²) in [5, 5.41) is 3.93. The number of aromatic nitrogens is 3. The minimum absolute atomic E-state index is 0.292. The molecular formula is C7H8N4O2S. The molecule has 0 saturated heterocycles. The quantitative estimate of drug-likeness (QED) is 0.766. The van der Waals surface area contributed by atoms with Gasteiger partial charge in [0.25, 0.3) is 0 Å². The summed E-state index contributed by atoms with van der Waals surface area (Å²) in [6.45, 7) is 0. The standard InChI is InChI=1S/C7H8N4O2S/c1-14(12,13)10-6-3-5-11-7(9-6)2-4-8-11/h2-5H,1H3,(H,9,10). The highest BCUT2D eigenvalue weighted by atomic mass is 32.2. The Bertz CT molecular complexity index is 560. The van der Waals surface area contributed by atoms with Gasteiger partial charge in [-0.25, -0.2) is 17.9 Å². The molecule has 6 nitrogen and oxygen atoms in total. The number of sulfonamides is 1. The van der Waals surface area contributed by atoms with Crippen LogP contribution in [0.15, 0.2) is 24.5 Å². The first-order valence-electron chi connectivity index (χ1n) is 3.83. The summed E-state index contributed by atoms with van der Waals surface area (Å²) in [5.41, 5.74) is 0.596. The van der Waals surface area contributed by atoms with Gasteiger partial charge in [0.15, 0.2) is 5.65 Å². The van der Waals surface area contributed by atoms with Crippen molar-refractivity contribution in [2.24, 2.45) is 0 Å². The Morgan fingerprint density at radius 3 is 2.93 bits per heavy atom. The largest absolute Gasteiger partial charge is 0.267 e. The summed E-state index contributed by atoms with van der Waals surface area (Å²) in [4.78, 5) is 4.03. The van der Waals surface area contributed by atoms with E-state index in [1.807, 2.05) is 0 Å².